The van der Waals surface area contributed by atoms with E-state index in [0.717, 1.165) is 31.5 Å². The van der Waals surface area contributed by atoms with Crippen molar-refractivity contribution in [2.45, 2.75) is 71.0 Å². The average Bonchev–Trinajstić information content (AvgIpc) is 3.09. The lowest BCUT2D eigenvalue weighted by molar-refractivity contribution is 0.228. The third-order valence-corrected chi connectivity index (χ3v) is 4.52. The molecule has 0 aromatic heterocycles. The largest absolute Gasteiger partial charge is 0.396 e. The minimum Gasteiger partial charge on any atom is -0.396 e. The molecule has 3 heteroatoms. The fourth-order valence-electron chi connectivity index (χ4n) is 3.19. The smallest absolute Gasteiger partial charge is 0.0431 e. The van der Waals surface area contributed by atoms with Gasteiger partial charge >= 0.3 is 0 Å². The standard InChI is InChI=1S/C15H30N2O/c1-12-9-13(10-17(12)14-5-6-14)16-11-15(2,3)7-4-8-18/h12-14,16,18H,4-11H2,1-3H3. The summed E-state index contributed by atoms with van der Waals surface area (Å²) in [4.78, 5) is 2.69. The van der Waals surface area contributed by atoms with Crippen LogP contribution in [0.4, 0.5) is 0 Å². The van der Waals surface area contributed by atoms with Crippen LogP contribution in [0, 0.1) is 5.41 Å². The number of likely N-dealkylation sites (tertiary alicyclic amines) is 1. The molecule has 0 amide bonds. The van der Waals surface area contributed by atoms with Crippen LogP contribution in [0.3, 0.4) is 0 Å². The van der Waals surface area contributed by atoms with Crippen LogP contribution in [0.1, 0.15) is 52.9 Å². The molecule has 2 unspecified atom stereocenters. The van der Waals surface area contributed by atoms with Crippen molar-refractivity contribution in [3.8, 4) is 0 Å². The predicted octanol–water partition coefficient (Wildman–Crippen LogP) is 2.00. The summed E-state index contributed by atoms with van der Waals surface area (Å²) in [6.07, 6.45) is 6.15. The van der Waals surface area contributed by atoms with Gasteiger partial charge in [0.1, 0.15) is 0 Å². The quantitative estimate of drug-likeness (QED) is 0.729. The summed E-state index contributed by atoms with van der Waals surface area (Å²) >= 11 is 0. The molecule has 1 aliphatic heterocycles. The van der Waals surface area contributed by atoms with E-state index < -0.39 is 0 Å². The molecule has 0 radical (unpaired) electrons. The van der Waals surface area contributed by atoms with Gasteiger partial charge in [0.25, 0.3) is 0 Å². The number of hydrogen-bond donors (Lipinski definition) is 2. The van der Waals surface area contributed by atoms with E-state index in [9.17, 15) is 0 Å². The first-order valence-electron chi connectivity index (χ1n) is 7.62. The number of hydrogen-bond acceptors (Lipinski definition) is 3. The summed E-state index contributed by atoms with van der Waals surface area (Å²) in [7, 11) is 0. The van der Waals surface area contributed by atoms with Crippen LogP contribution in [0.25, 0.3) is 0 Å². The summed E-state index contributed by atoms with van der Waals surface area (Å²) in [5.74, 6) is 0. The van der Waals surface area contributed by atoms with E-state index in [0.29, 0.717) is 18.1 Å². The van der Waals surface area contributed by atoms with Gasteiger partial charge in [-0.15, -0.1) is 0 Å². The zero-order valence-electron chi connectivity index (χ0n) is 12.3. The van der Waals surface area contributed by atoms with Gasteiger partial charge in [-0.3, -0.25) is 4.90 Å². The van der Waals surface area contributed by atoms with Gasteiger partial charge in [-0.2, -0.15) is 0 Å². The zero-order valence-corrected chi connectivity index (χ0v) is 12.3. The predicted molar refractivity (Wildman–Crippen MR) is 75.7 cm³/mol. The topological polar surface area (TPSA) is 35.5 Å². The number of nitrogens with one attached hydrogen (secondary N) is 1. The fourth-order valence-corrected chi connectivity index (χ4v) is 3.19. The van der Waals surface area contributed by atoms with Gasteiger partial charge in [-0.25, -0.2) is 0 Å². The van der Waals surface area contributed by atoms with Crippen LogP contribution < -0.4 is 5.32 Å². The molecule has 2 rings (SSSR count). The molecule has 0 aromatic carbocycles. The lowest BCUT2D eigenvalue weighted by Crippen LogP contribution is -2.39. The summed E-state index contributed by atoms with van der Waals surface area (Å²) in [6.45, 7) is 9.60. The van der Waals surface area contributed by atoms with Crippen LogP contribution in [-0.4, -0.2) is 47.8 Å². The van der Waals surface area contributed by atoms with Crippen LogP contribution >= 0.6 is 0 Å². The second kappa shape index (κ2) is 5.89. The summed E-state index contributed by atoms with van der Waals surface area (Å²) < 4.78 is 0. The molecule has 1 saturated heterocycles. The minimum atomic E-state index is 0.305. The molecule has 1 aliphatic carbocycles. The Hall–Kier alpha value is -0.120. The van der Waals surface area contributed by atoms with Gasteiger partial charge in [0.05, 0.1) is 0 Å². The molecule has 2 atom stereocenters. The maximum atomic E-state index is 8.92. The van der Waals surface area contributed by atoms with Crippen LogP contribution in [0.5, 0.6) is 0 Å². The van der Waals surface area contributed by atoms with Crippen LogP contribution in [0.15, 0.2) is 0 Å². The lowest BCUT2D eigenvalue weighted by Gasteiger charge is -2.27. The van der Waals surface area contributed by atoms with Crippen molar-refractivity contribution in [3.63, 3.8) is 0 Å². The first kappa shape index (κ1) is 14.3. The van der Waals surface area contributed by atoms with Crippen molar-refractivity contribution in [1.82, 2.24) is 10.2 Å². The third kappa shape index (κ3) is 3.94. The van der Waals surface area contributed by atoms with Gasteiger partial charge in [-0.1, -0.05) is 13.8 Å². The number of aliphatic hydroxyl groups excluding tert-OH is 1. The van der Waals surface area contributed by atoms with Crippen molar-refractivity contribution in [2.24, 2.45) is 5.41 Å². The van der Waals surface area contributed by atoms with E-state index >= 15 is 0 Å². The summed E-state index contributed by atoms with van der Waals surface area (Å²) in [5, 5.41) is 12.7. The summed E-state index contributed by atoms with van der Waals surface area (Å²) in [5.41, 5.74) is 0.305. The Morgan fingerprint density at radius 1 is 1.33 bits per heavy atom. The molecular formula is C15H30N2O. The molecule has 18 heavy (non-hydrogen) atoms. The fraction of sp³-hybridized carbons (Fsp3) is 1.00. The minimum absolute atomic E-state index is 0.305. The average molecular weight is 254 g/mol. The number of aliphatic hydroxyl groups is 1. The molecule has 3 nitrogen and oxygen atoms in total. The Kier molecular flexibility index (Phi) is 4.68. The summed E-state index contributed by atoms with van der Waals surface area (Å²) in [6, 6.07) is 2.33. The lowest BCUT2D eigenvalue weighted by atomic mass is 9.87. The Labute approximate surface area is 112 Å². The number of nitrogens with zero attached hydrogens (tertiary/aromatic N) is 1. The Bertz CT molecular complexity index is 263. The highest BCUT2D eigenvalue weighted by molar-refractivity contribution is 4.96. The van der Waals surface area contributed by atoms with Gasteiger partial charge in [-0.05, 0) is 44.4 Å². The Morgan fingerprint density at radius 2 is 2.06 bits per heavy atom. The normalized spacial score (nSPS) is 30.0. The molecule has 1 saturated carbocycles. The first-order valence-corrected chi connectivity index (χ1v) is 7.62. The van der Waals surface area contributed by atoms with Crippen LogP contribution in [-0.2, 0) is 0 Å². The van der Waals surface area contributed by atoms with Crippen molar-refractivity contribution in [2.75, 3.05) is 19.7 Å². The molecule has 0 aromatic rings. The zero-order chi connectivity index (χ0) is 13.2. The second-order valence-electron chi connectivity index (χ2n) is 7.08. The SMILES string of the molecule is CC1CC(NCC(C)(C)CCCO)CN1C1CC1. The Balaban J connectivity index is 1.70. The number of rotatable bonds is 7. The highest BCUT2D eigenvalue weighted by Gasteiger charge is 2.38. The molecule has 0 bridgehead atoms. The highest BCUT2D eigenvalue weighted by atomic mass is 16.2. The molecule has 106 valence electrons. The highest BCUT2D eigenvalue weighted by Crippen LogP contribution is 2.33. The maximum absolute atomic E-state index is 8.92. The molecule has 2 fully saturated rings. The maximum Gasteiger partial charge on any atom is 0.0431 e. The van der Waals surface area contributed by atoms with Gasteiger partial charge in [0.2, 0.25) is 0 Å². The molecule has 2 N–H and O–H groups in total. The van der Waals surface area contributed by atoms with Gasteiger partial charge < -0.3 is 10.4 Å². The molecular weight excluding hydrogens is 224 g/mol. The van der Waals surface area contributed by atoms with Crippen LogP contribution in [0.2, 0.25) is 0 Å². The van der Waals surface area contributed by atoms with Gasteiger partial charge in [0.15, 0.2) is 0 Å². The van der Waals surface area contributed by atoms with Crippen molar-refractivity contribution >= 4 is 0 Å². The molecule has 1 heterocycles. The van der Waals surface area contributed by atoms with E-state index in [1.54, 1.807) is 0 Å². The third-order valence-electron chi connectivity index (χ3n) is 4.52. The molecule has 0 spiro atoms. The second-order valence-corrected chi connectivity index (χ2v) is 7.08. The van der Waals surface area contributed by atoms with E-state index in [-0.39, 0.29) is 0 Å². The monoisotopic (exact) mass is 254 g/mol. The van der Waals surface area contributed by atoms with Crippen molar-refractivity contribution in [3.05, 3.63) is 0 Å². The Morgan fingerprint density at radius 3 is 2.67 bits per heavy atom. The van der Waals surface area contributed by atoms with E-state index in [1.165, 1.54) is 25.8 Å². The first-order chi connectivity index (χ1) is 8.52. The van der Waals surface area contributed by atoms with E-state index in [4.69, 9.17) is 5.11 Å². The van der Waals surface area contributed by atoms with Gasteiger partial charge in [0, 0.05) is 37.8 Å². The van der Waals surface area contributed by atoms with Crippen molar-refractivity contribution < 1.29 is 5.11 Å². The van der Waals surface area contributed by atoms with E-state index in [2.05, 4.69) is 31.0 Å². The van der Waals surface area contributed by atoms with E-state index in [1.807, 2.05) is 0 Å². The van der Waals surface area contributed by atoms with Crippen molar-refractivity contribution in [1.29, 1.82) is 0 Å². The molecule has 2 aliphatic rings.